The lowest BCUT2D eigenvalue weighted by Crippen LogP contribution is -2.42. The molecule has 2 aromatic heterocycles. The average Bonchev–Trinajstić information content (AvgIpc) is 3.23. The first-order valence-corrected chi connectivity index (χ1v) is 9.51. The van der Waals surface area contributed by atoms with Gasteiger partial charge >= 0.3 is 6.03 Å². The highest BCUT2D eigenvalue weighted by Crippen LogP contribution is 2.25. The maximum atomic E-state index is 12.7. The predicted octanol–water partition coefficient (Wildman–Crippen LogP) is 3.02. The van der Waals surface area contributed by atoms with Gasteiger partial charge in [0.1, 0.15) is 11.4 Å². The van der Waals surface area contributed by atoms with Crippen LogP contribution in [-0.2, 0) is 6.42 Å². The molecule has 2 amide bonds. The topological polar surface area (TPSA) is 106 Å². The molecule has 1 aromatic carbocycles. The van der Waals surface area contributed by atoms with Gasteiger partial charge in [-0.1, -0.05) is 17.3 Å². The lowest BCUT2D eigenvalue weighted by atomic mass is 9.95. The van der Waals surface area contributed by atoms with Crippen LogP contribution in [0.15, 0.2) is 47.4 Å². The molecular formula is C20H22N6O3. The van der Waals surface area contributed by atoms with Crippen molar-refractivity contribution in [3.63, 3.8) is 0 Å². The van der Waals surface area contributed by atoms with Gasteiger partial charge in [0.05, 0.1) is 19.0 Å². The Balaban J connectivity index is 1.37. The van der Waals surface area contributed by atoms with Gasteiger partial charge < -0.3 is 19.5 Å². The third kappa shape index (κ3) is 4.50. The van der Waals surface area contributed by atoms with Crippen molar-refractivity contribution in [2.24, 2.45) is 5.92 Å². The molecule has 1 aliphatic heterocycles. The molecule has 1 fully saturated rings. The van der Waals surface area contributed by atoms with Crippen molar-refractivity contribution in [3.8, 4) is 17.3 Å². The largest absolute Gasteiger partial charge is 0.495 e. The second-order valence-corrected chi connectivity index (χ2v) is 6.89. The first kappa shape index (κ1) is 18.9. The number of carbonyl (C=O) groups is 1. The van der Waals surface area contributed by atoms with Crippen molar-refractivity contribution in [2.75, 3.05) is 25.5 Å². The third-order valence-electron chi connectivity index (χ3n) is 4.88. The fourth-order valence-electron chi connectivity index (χ4n) is 3.46. The number of piperidine rings is 1. The van der Waals surface area contributed by atoms with Crippen LogP contribution < -0.4 is 10.1 Å². The van der Waals surface area contributed by atoms with Crippen LogP contribution in [0.4, 0.5) is 10.5 Å². The van der Waals surface area contributed by atoms with Crippen LogP contribution in [0.5, 0.6) is 5.75 Å². The summed E-state index contributed by atoms with van der Waals surface area (Å²) in [6, 6.07) is 7.24. The fraction of sp³-hybridized carbons (Fsp3) is 0.350. The maximum Gasteiger partial charge on any atom is 0.321 e. The second-order valence-electron chi connectivity index (χ2n) is 6.89. The summed E-state index contributed by atoms with van der Waals surface area (Å²) in [5.41, 5.74) is 1.23. The molecule has 0 radical (unpaired) electrons. The molecular weight excluding hydrogens is 372 g/mol. The summed E-state index contributed by atoms with van der Waals surface area (Å²) in [5, 5.41) is 6.92. The molecule has 1 atom stereocenters. The zero-order valence-electron chi connectivity index (χ0n) is 16.1. The lowest BCUT2D eigenvalue weighted by Gasteiger charge is -2.32. The number of ether oxygens (including phenoxy) is 1. The van der Waals surface area contributed by atoms with Crippen LogP contribution in [0.25, 0.3) is 11.5 Å². The summed E-state index contributed by atoms with van der Waals surface area (Å²) in [6.45, 7) is 1.34. The molecule has 0 bridgehead atoms. The summed E-state index contributed by atoms with van der Waals surface area (Å²) < 4.78 is 10.7. The molecule has 1 aliphatic rings. The first-order chi connectivity index (χ1) is 14.2. The Morgan fingerprint density at radius 2 is 2.24 bits per heavy atom. The number of hydrogen-bond donors (Lipinski definition) is 1. The minimum atomic E-state index is -0.134. The van der Waals surface area contributed by atoms with Crippen LogP contribution >= 0.6 is 0 Å². The number of likely N-dealkylation sites (tertiary alicyclic amines) is 1. The Morgan fingerprint density at radius 1 is 1.34 bits per heavy atom. The number of amides is 2. The van der Waals surface area contributed by atoms with Crippen molar-refractivity contribution in [3.05, 3.63) is 48.7 Å². The smallest absolute Gasteiger partial charge is 0.321 e. The van der Waals surface area contributed by atoms with Crippen molar-refractivity contribution < 1.29 is 14.1 Å². The minimum Gasteiger partial charge on any atom is -0.495 e. The lowest BCUT2D eigenvalue weighted by molar-refractivity contribution is 0.173. The van der Waals surface area contributed by atoms with E-state index < -0.39 is 0 Å². The summed E-state index contributed by atoms with van der Waals surface area (Å²) in [7, 11) is 1.58. The minimum absolute atomic E-state index is 0.134. The predicted molar refractivity (Wildman–Crippen MR) is 105 cm³/mol. The number of urea groups is 1. The number of nitrogens with one attached hydrogen (secondary N) is 1. The molecule has 1 saturated heterocycles. The number of rotatable bonds is 5. The van der Waals surface area contributed by atoms with Crippen LogP contribution in [0.1, 0.15) is 18.7 Å². The number of benzene rings is 1. The number of hydrogen-bond acceptors (Lipinski definition) is 7. The molecule has 3 heterocycles. The van der Waals surface area contributed by atoms with Crippen molar-refractivity contribution in [2.45, 2.75) is 19.3 Å². The second kappa shape index (κ2) is 8.68. The van der Waals surface area contributed by atoms with Gasteiger partial charge in [0, 0.05) is 31.9 Å². The number of aromatic nitrogens is 4. The molecule has 0 saturated carbocycles. The van der Waals surface area contributed by atoms with Gasteiger partial charge in [0.25, 0.3) is 0 Å². The molecule has 9 nitrogen and oxygen atoms in total. The van der Waals surface area contributed by atoms with E-state index >= 15 is 0 Å². The molecule has 3 aromatic rings. The van der Waals surface area contributed by atoms with Gasteiger partial charge in [-0.3, -0.25) is 4.98 Å². The Morgan fingerprint density at radius 3 is 3.07 bits per heavy atom. The summed E-state index contributed by atoms with van der Waals surface area (Å²) >= 11 is 0. The van der Waals surface area contributed by atoms with E-state index in [2.05, 4.69) is 25.4 Å². The number of methoxy groups -OCH3 is 1. The van der Waals surface area contributed by atoms with Gasteiger partial charge in [0.15, 0.2) is 0 Å². The third-order valence-corrected chi connectivity index (χ3v) is 4.88. The molecule has 0 spiro atoms. The molecule has 0 unspecified atom stereocenters. The number of para-hydroxylation sites is 2. The zero-order valence-corrected chi connectivity index (χ0v) is 16.1. The highest BCUT2D eigenvalue weighted by molar-refractivity contribution is 5.91. The molecule has 4 rings (SSSR count). The van der Waals surface area contributed by atoms with E-state index in [1.165, 1.54) is 0 Å². The normalized spacial score (nSPS) is 16.4. The van der Waals surface area contributed by atoms with Crippen LogP contribution in [-0.4, -0.2) is 51.2 Å². The Kier molecular flexibility index (Phi) is 5.64. The van der Waals surface area contributed by atoms with E-state index in [0.29, 0.717) is 48.4 Å². The van der Waals surface area contributed by atoms with E-state index in [4.69, 9.17) is 9.26 Å². The van der Waals surface area contributed by atoms with Gasteiger partial charge in [-0.05, 0) is 30.9 Å². The van der Waals surface area contributed by atoms with E-state index in [1.807, 2.05) is 29.2 Å². The van der Waals surface area contributed by atoms with Crippen LogP contribution in [0.3, 0.4) is 0 Å². The summed E-state index contributed by atoms with van der Waals surface area (Å²) in [5.74, 6) is 1.86. The van der Waals surface area contributed by atoms with E-state index in [9.17, 15) is 4.79 Å². The molecule has 0 aliphatic carbocycles. The van der Waals surface area contributed by atoms with Gasteiger partial charge in [-0.15, -0.1) is 0 Å². The Bertz CT molecular complexity index is 962. The van der Waals surface area contributed by atoms with Crippen molar-refractivity contribution in [1.82, 2.24) is 25.0 Å². The standard InChI is InChI=1S/C20H22N6O3/c1-28-17-7-3-2-6-15(17)23-20(27)26-10-4-5-14(13-26)11-18-24-19(25-29-18)16-12-21-8-9-22-16/h2-3,6-9,12,14H,4-5,10-11,13H2,1H3,(H,23,27)/t14-/m1/s1. The first-order valence-electron chi connectivity index (χ1n) is 9.51. The SMILES string of the molecule is COc1ccccc1NC(=O)N1CCC[C@H](Cc2nc(-c3cnccn3)no2)C1. The van der Waals surface area contributed by atoms with Crippen LogP contribution in [0, 0.1) is 5.92 Å². The molecule has 1 N–H and O–H groups in total. The Labute approximate surface area is 168 Å². The van der Waals surface area contributed by atoms with Gasteiger partial charge in [-0.2, -0.15) is 4.98 Å². The average molecular weight is 394 g/mol. The van der Waals surface area contributed by atoms with Crippen molar-refractivity contribution >= 4 is 11.7 Å². The van der Waals surface area contributed by atoms with Gasteiger partial charge in [0.2, 0.25) is 11.7 Å². The number of anilines is 1. The fourth-order valence-corrected chi connectivity index (χ4v) is 3.46. The zero-order chi connectivity index (χ0) is 20.1. The van der Waals surface area contributed by atoms with E-state index in [1.54, 1.807) is 25.7 Å². The van der Waals surface area contributed by atoms with Crippen LogP contribution in [0.2, 0.25) is 0 Å². The van der Waals surface area contributed by atoms with Crippen molar-refractivity contribution in [1.29, 1.82) is 0 Å². The van der Waals surface area contributed by atoms with Gasteiger partial charge in [-0.25, -0.2) is 9.78 Å². The molecule has 29 heavy (non-hydrogen) atoms. The highest BCUT2D eigenvalue weighted by Gasteiger charge is 2.26. The molecule has 9 heteroatoms. The Hall–Kier alpha value is -3.49. The quantitative estimate of drug-likeness (QED) is 0.709. The maximum absolute atomic E-state index is 12.7. The molecule has 150 valence electrons. The summed E-state index contributed by atoms with van der Waals surface area (Å²) in [6.07, 6.45) is 7.32. The van der Waals surface area contributed by atoms with E-state index in [0.717, 1.165) is 12.8 Å². The monoisotopic (exact) mass is 394 g/mol. The summed E-state index contributed by atoms with van der Waals surface area (Å²) in [4.78, 5) is 27.2. The number of nitrogens with zero attached hydrogens (tertiary/aromatic N) is 5. The highest BCUT2D eigenvalue weighted by atomic mass is 16.5. The van der Waals surface area contributed by atoms with E-state index in [-0.39, 0.29) is 11.9 Å². The number of carbonyl (C=O) groups excluding carboxylic acids is 1.